The van der Waals surface area contributed by atoms with E-state index in [0.29, 0.717) is 36.8 Å². The summed E-state index contributed by atoms with van der Waals surface area (Å²) in [4.78, 5) is 39.1. The number of imidazole rings is 1. The number of carbonyl (C=O) groups excluding carboxylic acids is 2. The van der Waals surface area contributed by atoms with Crippen molar-refractivity contribution in [3.8, 4) is 11.1 Å². The molecule has 12 nitrogen and oxygen atoms in total. The van der Waals surface area contributed by atoms with E-state index in [4.69, 9.17) is 9.47 Å². The lowest BCUT2D eigenvalue weighted by atomic mass is 10.1. The predicted molar refractivity (Wildman–Crippen MR) is 138 cm³/mol. The highest BCUT2D eigenvalue weighted by atomic mass is 16.6. The summed E-state index contributed by atoms with van der Waals surface area (Å²) in [6, 6.07) is 3.90. The zero-order chi connectivity index (χ0) is 26.7. The molecule has 0 fully saturated rings. The highest BCUT2D eigenvalue weighted by molar-refractivity contribution is 5.91. The van der Waals surface area contributed by atoms with Gasteiger partial charge in [0, 0.05) is 43.7 Å². The molecular formula is C25H32N8O4. The molecule has 0 aliphatic rings. The van der Waals surface area contributed by atoms with Gasteiger partial charge in [0.25, 0.3) is 0 Å². The molecule has 12 heteroatoms. The van der Waals surface area contributed by atoms with Gasteiger partial charge in [-0.05, 0) is 46.2 Å². The van der Waals surface area contributed by atoms with Gasteiger partial charge in [-0.3, -0.25) is 4.79 Å². The standard InChI is InChI=1S/C25H32N8O4/c1-16-30-22-19(32(16)14-20(34)36-6)12-17(13-27-22)18-8-11-33-21(18)23(28-15-29-33)26-9-7-10-31(5)24(35)37-25(2,3)4/h8,11-13,15H,7,9-10,14H2,1-6H3,(H,26,28,29). The summed E-state index contributed by atoms with van der Waals surface area (Å²) < 4.78 is 13.8. The van der Waals surface area contributed by atoms with E-state index in [1.54, 1.807) is 27.2 Å². The number of anilines is 1. The molecule has 4 aromatic rings. The fraction of sp³-hybridized carbons (Fsp3) is 0.440. The van der Waals surface area contributed by atoms with Crippen molar-refractivity contribution in [2.75, 3.05) is 32.6 Å². The number of nitrogens with one attached hydrogen (secondary N) is 1. The summed E-state index contributed by atoms with van der Waals surface area (Å²) in [5, 5.41) is 7.70. The number of ether oxygens (including phenoxy) is 2. The van der Waals surface area contributed by atoms with Crippen LogP contribution < -0.4 is 5.32 Å². The van der Waals surface area contributed by atoms with Crippen LogP contribution in [0.2, 0.25) is 0 Å². The number of hydrogen-bond donors (Lipinski definition) is 1. The SMILES string of the molecule is COC(=O)Cn1c(C)nc2ncc(-c3ccn4ncnc(NCCCN(C)C(=O)OC(C)(C)C)c34)cc21. The van der Waals surface area contributed by atoms with Gasteiger partial charge in [0.2, 0.25) is 0 Å². The van der Waals surface area contributed by atoms with Crippen molar-refractivity contribution < 1.29 is 19.1 Å². The third kappa shape index (κ3) is 5.79. The molecule has 0 radical (unpaired) electrons. The first-order chi connectivity index (χ1) is 17.6. The molecule has 0 aliphatic heterocycles. The Labute approximate surface area is 214 Å². The maximum absolute atomic E-state index is 12.2. The molecule has 0 saturated carbocycles. The van der Waals surface area contributed by atoms with Crippen LogP contribution in [-0.4, -0.2) is 78.9 Å². The van der Waals surface area contributed by atoms with E-state index in [9.17, 15) is 9.59 Å². The summed E-state index contributed by atoms with van der Waals surface area (Å²) in [7, 11) is 3.08. The lowest BCUT2D eigenvalue weighted by Crippen LogP contribution is -2.35. The van der Waals surface area contributed by atoms with E-state index < -0.39 is 5.60 Å². The quantitative estimate of drug-likeness (QED) is 0.281. The first-order valence-electron chi connectivity index (χ1n) is 12.0. The van der Waals surface area contributed by atoms with Crippen LogP contribution in [0.3, 0.4) is 0 Å². The molecule has 1 amide bonds. The molecule has 0 unspecified atom stereocenters. The van der Waals surface area contributed by atoms with Crippen molar-refractivity contribution in [2.24, 2.45) is 0 Å². The highest BCUT2D eigenvalue weighted by Gasteiger charge is 2.20. The first kappa shape index (κ1) is 25.9. The molecule has 196 valence electrons. The van der Waals surface area contributed by atoms with Crippen LogP contribution in [0, 0.1) is 6.92 Å². The Morgan fingerprint density at radius 1 is 1.22 bits per heavy atom. The monoisotopic (exact) mass is 508 g/mol. The molecule has 4 aromatic heterocycles. The number of aryl methyl sites for hydroxylation is 1. The van der Waals surface area contributed by atoms with Crippen molar-refractivity contribution in [1.29, 1.82) is 0 Å². The molecule has 0 aromatic carbocycles. The Morgan fingerprint density at radius 2 is 2.00 bits per heavy atom. The fourth-order valence-corrected chi connectivity index (χ4v) is 3.93. The van der Waals surface area contributed by atoms with Gasteiger partial charge in [-0.15, -0.1) is 0 Å². The third-order valence-electron chi connectivity index (χ3n) is 5.74. The molecule has 0 aliphatic carbocycles. The van der Waals surface area contributed by atoms with Gasteiger partial charge in [0.05, 0.1) is 12.6 Å². The van der Waals surface area contributed by atoms with Crippen LogP contribution in [-0.2, 0) is 20.8 Å². The third-order valence-corrected chi connectivity index (χ3v) is 5.74. The summed E-state index contributed by atoms with van der Waals surface area (Å²) in [5.41, 5.74) is 3.26. The number of carbonyl (C=O) groups is 2. The average molecular weight is 509 g/mol. The summed E-state index contributed by atoms with van der Waals surface area (Å²) in [6.45, 7) is 8.53. The molecule has 0 saturated heterocycles. The van der Waals surface area contributed by atoms with Crippen LogP contribution in [0.25, 0.3) is 27.8 Å². The number of methoxy groups -OCH3 is 1. The van der Waals surface area contributed by atoms with Crippen LogP contribution in [0.1, 0.15) is 33.0 Å². The Kier molecular flexibility index (Phi) is 7.28. The average Bonchev–Trinajstić information content (AvgIpc) is 3.41. The molecule has 0 atom stereocenters. The van der Waals surface area contributed by atoms with Gasteiger partial charge in [-0.25, -0.2) is 24.3 Å². The number of hydrogen-bond acceptors (Lipinski definition) is 9. The molecule has 0 spiro atoms. The van der Waals surface area contributed by atoms with Crippen LogP contribution in [0.4, 0.5) is 10.6 Å². The Morgan fingerprint density at radius 3 is 2.73 bits per heavy atom. The van der Waals surface area contributed by atoms with Crippen molar-refractivity contribution >= 4 is 34.6 Å². The lowest BCUT2D eigenvalue weighted by Gasteiger charge is -2.24. The van der Waals surface area contributed by atoms with E-state index in [0.717, 1.165) is 22.2 Å². The minimum atomic E-state index is -0.533. The van der Waals surface area contributed by atoms with Gasteiger partial charge in [-0.2, -0.15) is 5.10 Å². The number of aromatic nitrogens is 6. The highest BCUT2D eigenvalue weighted by Crippen LogP contribution is 2.30. The number of fused-ring (bicyclic) bond motifs is 2. The molecular weight excluding hydrogens is 476 g/mol. The van der Waals surface area contributed by atoms with Crippen molar-refractivity contribution in [2.45, 2.75) is 46.3 Å². The second-order valence-corrected chi connectivity index (χ2v) is 9.70. The van der Waals surface area contributed by atoms with Gasteiger partial charge in [0.1, 0.15) is 29.8 Å². The number of amides is 1. The Balaban J connectivity index is 1.54. The number of esters is 1. The van der Waals surface area contributed by atoms with E-state index in [2.05, 4.69) is 25.4 Å². The van der Waals surface area contributed by atoms with E-state index in [-0.39, 0.29) is 18.6 Å². The zero-order valence-corrected chi connectivity index (χ0v) is 22.0. The molecule has 4 rings (SSSR count). The molecule has 37 heavy (non-hydrogen) atoms. The lowest BCUT2D eigenvalue weighted by molar-refractivity contribution is -0.141. The number of nitrogens with zero attached hydrogens (tertiary/aromatic N) is 7. The minimum absolute atomic E-state index is 0.0497. The fourth-order valence-electron chi connectivity index (χ4n) is 3.93. The predicted octanol–water partition coefficient (Wildman–Crippen LogP) is 3.29. The largest absolute Gasteiger partial charge is 0.468 e. The van der Waals surface area contributed by atoms with Crippen molar-refractivity contribution in [3.63, 3.8) is 0 Å². The first-order valence-corrected chi connectivity index (χ1v) is 12.0. The Bertz CT molecular complexity index is 1440. The van der Waals surface area contributed by atoms with E-state index in [1.807, 2.05) is 46.0 Å². The van der Waals surface area contributed by atoms with Crippen LogP contribution >= 0.6 is 0 Å². The summed E-state index contributed by atoms with van der Waals surface area (Å²) >= 11 is 0. The molecule has 4 heterocycles. The minimum Gasteiger partial charge on any atom is -0.468 e. The smallest absolute Gasteiger partial charge is 0.410 e. The topological polar surface area (TPSA) is 129 Å². The zero-order valence-electron chi connectivity index (χ0n) is 22.0. The second-order valence-electron chi connectivity index (χ2n) is 9.70. The van der Waals surface area contributed by atoms with Gasteiger partial charge >= 0.3 is 12.1 Å². The van der Waals surface area contributed by atoms with Crippen LogP contribution in [0.15, 0.2) is 30.9 Å². The van der Waals surface area contributed by atoms with Crippen molar-refractivity contribution in [3.05, 3.63) is 36.7 Å². The summed E-state index contributed by atoms with van der Waals surface area (Å²) in [5.74, 6) is 0.974. The maximum Gasteiger partial charge on any atom is 0.410 e. The van der Waals surface area contributed by atoms with Gasteiger partial charge in [0.15, 0.2) is 11.5 Å². The van der Waals surface area contributed by atoms with E-state index in [1.165, 1.54) is 13.4 Å². The Hall–Kier alpha value is -4.22. The van der Waals surface area contributed by atoms with Crippen molar-refractivity contribution in [1.82, 2.24) is 34.0 Å². The number of pyridine rings is 1. The van der Waals surface area contributed by atoms with Gasteiger partial charge < -0.3 is 24.3 Å². The maximum atomic E-state index is 12.2. The van der Waals surface area contributed by atoms with Gasteiger partial charge in [-0.1, -0.05) is 0 Å². The molecule has 0 bridgehead atoms. The molecule has 1 N–H and O–H groups in total. The number of rotatable bonds is 8. The van der Waals surface area contributed by atoms with Crippen LogP contribution in [0.5, 0.6) is 0 Å². The van der Waals surface area contributed by atoms with E-state index >= 15 is 0 Å². The normalized spacial score (nSPS) is 11.6. The summed E-state index contributed by atoms with van der Waals surface area (Å²) in [6.07, 6.45) is 5.44. The second kappa shape index (κ2) is 10.4.